The van der Waals surface area contributed by atoms with E-state index in [1.54, 1.807) is 0 Å². The van der Waals surface area contributed by atoms with Gasteiger partial charge < -0.3 is 5.11 Å². The fraction of sp³-hybridized carbons (Fsp3) is 1.00. The van der Waals surface area contributed by atoms with Crippen LogP contribution in [0.1, 0.15) is 123 Å². The quantitative estimate of drug-likeness (QED) is 0.200. The monoisotopic (exact) mass is 392 g/mol. The van der Waals surface area contributed by atoms with E-state index in [2.05, 4.69) is 13.8 Å². The van der Waals surface area contributed by atoms with Crippen molar-refractivity contribution in [3.05, 3.63) is 0 Å². The first-order chi connectivity index (χ1) is 12.4. The SMILES string of the molecule is CCCCCCCCCCCC(C(O)CCCCCCCC)S(=O)(=O)O. The van der Waals surface area contributed by atoms with Crippen LogP contribution in [0.4, 0.5) is 0 Å². The van der Waals surface area contributed by atoms with E-state index in [-0.39, 0.29) is 0 Å². The summed E-state index contributed by atoms with van der Waals surface area (Å²) in [6.45, 7) is 4.39. The van der Waals surface area contributed by atoms with Gasteiger partial charge in [-0.2, -0.15) is 8.42 Å². The van der Waals surface area contributed by atoms with Crippen LogP contribution in [-0.2, 0) is 10.1 Å². The Morgan fingerprint density at radius 2 is 0.962 bits per heavy atom. The molecule has 0 rings (SSSR count). The van der Waals surface area contributed by atoms with E-state index >= 15 is 0 Å². The summed E-state index contributed by atoms with van der Waals surface area (Å²) in [6, 6.07) is 0. The summed E-state index contributed by atoms with van der Waals surface area (Å²) < 4.78 is 32.7. The number of rotatable bonds is 19. The van der Waals surface area contributed by atoms with Gasteiger partial charge in [0, 0.05) is 0 Å². The van der Waals surface area contributed by atoms with E-state index < -0.39 is 21.5 Å². The van der Waals surface area contributed by atoms with Crippen LogP contribution in [-0.4, -0.2) is 29.4 Å². The van der Waals surface area contributed by atoms with E-state index in [0.717, 1.165) is 38.5 Å². The first-order valence-corrected chi connectivity index (χ1v) is 12.6. The molecule has 0 aromatic heterocycles. The van der Waals surface area contributed by atoms with E-state index in [1.165, 1.54) is 57.8 Å². The molecular weight excluding hydrogens is 348 g/mol. The summed E-state index contributed by atoms with van der Waals surface area (Å²) in [4.78, 5) is 0. The Balaban J connectivity index is 3.92. The van der Waals surface area contributed by atoms with Crippen molar-refractivity contribution in [2.75, 3.05) is 0 Å². The maximum absolute atomic E-state index is 11.6. The third-order valence-electron chi connectivity index (χ3n) is 5.26. The molecule has 0 aromatic carbocycles. The van der Waals surface area contributed by atoms with Gasteiger partial charge in [0.15, 0.2) is 0 Å². The van der Waals surface area contributed by atoms with Gasteiger partial charge >= 0.3 is 0 Å². The van der Waals surface area contributed by atoms with Crippen molar-refractivity contribution < 1.29 is 18.1 Å². The number of unbranched alkanes of at least 4 members (excludes halogenated alkanes) is 13. The van der Waals surface area contributed by atoms with Gasteiger partial charge in [-0.05, 0) is 12.8 Å². The second-order valence-electron chi connectivity index (χ2n) is 7.79. The number of hydrogen-bond acceptors (Lipinski definition) is 3. The maximum atomic E-state index is 11.6. The summed E-state index contributed by atoms with van der Waals surface area (Å²) in [5.74, 6) is 0. The lowest BCUT2D eigenvalue weighted by molar-refractivity contribution is 0.146. The normalized spacial score (nSPS) is 14.5. The minimum Gasteiger partial charge on any atom is -0.392 e. The van der Waals surface area contributed by atoms with E-state index in [0.29, 0.717) is 12.8 Å². The smallest absolute Gasteiger partial charge is 0.270 e. The molecule has 0 fully saturated rings. The van der Waals surface area contributed by atoms with Crippen molar-refractivity contribution in [1.82, 2.24) is 0 Å². The van der Waals surface area contributed by atoms with Crippen molar-refractivity contribution in [1.29, 1.82) is 0 Å². The van der Waals surface area contributed by atoms with Crippen molar-refractivity contribution in [2.45, 2.75) is 134 Å². The van der Waals surface area contributed by atoms with Gasteiger partial charge in [0.25, 0.3) is 10.1 Å². The highest BCUT2D eigenvalue weighted by Crippen LogP contribution is 2.20. The fourth-order valence-electron chi connectivity index (χ4n) is 3.52. The van der Waals surface area contributed by atoms with Crippen LogP contribution in [0, 0.1) is 0 Å². The summed E-state index contributed by atoms with van der Waals surface area (Å²) >= 11 is 0. The van der Waals surface area contributed by atoms with E-state index in [9.17, 15) is 18.1 Å². The zero-order valence-electron chi connectivity index (χ0n) is 17.3. The first kappa shape index (κ1) is 25.9. The first-order valence-electron chi connectivity index (χ1n) is 11.1. The molecule has 0 aliphatic carbocycles. The lowest BCUT2D eigenvalue weighted by Gasteiger charge is -2.20. The number of aliphatic hydroxyl groups is 1. The molecule has 0 aliphatic rings. The number of hydrogen-bond donors (Lipinski definition) is 2. The average molecular weight is 393 g/mol. The average Bonchev–Trinajstić information content (AvgIpc) is 2.58. The largest absolute Gasteiger partial charge is 0.392 e. The summed E-state index contributed by atoms with van der Waals surface area (Å²) in [6.07, 6.45) is 17.0. The lowest BCUT2D eigenvalue weighted by atomic mass is 10.0. The summed E-state index contributed by atoms with van der Waals surface area (Å²) in [5, 5.41) is 9.22. The molecule has 158 valence electrons. The third-order valence-corrected chi connectivity index (χ3v) is 6.57. The molecule has 0 amide bonds. The molecule has 0 aliphatic heterocycles. The van der Waals surface area contributed by atoms with Crippen LogP contribution in [0.25, 0.3) is 0 Å². The molecule has 0 aromatic rings. The molecule has 0 saturated carbocycles. The fourth-order valence-corrected chi connectivity index (χ4v) is 4.51. The van der Waals surface area contributed by atoms with E-state index in [1.807, 2.05) is 0 Å². The minimum atomic E-state index is -4.17. The molecule has 0 heterocycles. The van der Waals surface area contributed by atoms with Crippen LogP contribution in [0.5, 0.6) is 0 Å². The van der Waals surface area contributed by atoms with Crippen molar-refractivity contribution in [3.63, 3.8) is 0 Å². The molecule has 0 spiro atoms. The molecular formula is C21H44O4S. The van der Waals surface area contributed by atoms with Gasteiger partial charge in [0.05, 0.1) is 6.10 Å². The molecule has 0 bridgehead atoms. The Labute approximate surface area is 162 Å². The van der Waals surface area contributed by atoms with Gasteiger partial charge in [-0.25, -0.2) is 0 Å². The van der Waals surface area contributed by atoms with Crippen molar-refractivity contribution in [2.24, 2.45) is 0 Å². The Morgan fingerprint density at radius 3 is 1.35 bits per heavy atom. The lowest BCUT2D eigenvalue weighted by Crippen LogP contribution is -2.33. The third kappa shape index (κ3) is 15.0. The predicted octanol–water partition coefficient (Wildman–Crippen LogP) is 6.28. The Hall–Kier alpha value is -0.130. The molecule has 4 nitrogen and oxygen atoms in total. The zero-order chi connectivity index (χ0) is 19.7. The van der Waals surface area contributed by atoms with Gasteiger partial charge in [-0.15, -0.1) is 0 Å². The molecule has 2 unspecified atom stereocenters. The Bertz CT molecular complexity index is 395. The number of aliphatic hydroxyl groups excluding tert-OH is 1. The zero-order valence-corrected chi connectivity index (χ0v) is 18.1. The summed E-state index contributed by atoms with van der Waals surface area (Å²) in [5.41, 5.74) is 0. The van der Waals surface area contributed by atoms with Crippen molar-refractivity contribution >= 4 is 10.1 Å². The van der Waals surface area contributed by atoms with Crippen LogP contribution < -0.4 is 0 Å². The molecule has 2 N–H and O–H groups in total. The highest BCUT2D eigenvalue weighted by Gasteiger charge is 2.29. The van der Waals surface area contributed by atoms with Crippen LogP contribution in [0.3, 0.4) is 0 Å². The Morgan fingerprint density at radius 1 is 0.615 bits per heavy atom. The van der Waals surface area contributed by atoms with Gasteiger partial charge in [0.1, 0.15) is 5.25 Å². The molecule has 0 saturated heterocycles. The molecule has 26 heavy (non-hydrogen) atoms. The topological polar surface area (TPSA) is 74.6 Å². The maximum Gasteiger partial charge on any atom is 0.270 e. The molecule has 5 heteroatoms. The summed E-state index contributed by atoms with van der Waals surface area (Å²) in [7, 11) is -4.17. The van der Waals surface area contributed by atoms with Crippen LogP contribution >= 0.6 is 0 Å². The predicted molar refractivity (Wildman–Crippen MR) is 111 cm³/mol. The second-order valence-corrected chi connectivity index (χ2v) is 9.43. The van der Waals surface area contributed by atoms with Gasteiger partial charge in [0.2, 0.25) is 0 Å². The van der Waals surface area contributed by atoms with Crippen molar-refractivity contribution in [3.8, 4) is 0 Å². The molecule has 0 radical (unpaired) electrons. The van der Waals surface area contributed by atoms with Gasteiger partial charge in [-0.1, -0.05) is 110 Å². The molecule has 2 atom stereocenters. The van der Waals surface area contributed by atoms with Crippen LogP contribution in [0.15, 0.2) is 0 Å². The highest BCUT2D eigenvalue weighted by atomic mass is 32.2. The van der Waals surface area contributed by atoms with Crippen LogP contribution in [0.2, 0.25) is 0 Å². The second kappa shape index (κ2) is 17.0. The Kier molecular flexibility index (Phi) is 16.9. The van der Waals surface area contributed by atoms with E-state index in [4.69, 9.17) is 0 Å². The highest BCUT2D eigenvalue weighted by molar-refractivity contribution is 7.86. The minimum absolute atomic E-state index is 0.367. The standard InChI is InChI=1S/C21H44O4S/c1-3-5-7-9-11-12-13-15-17-19-21(26(23,24)25)20(22)18-16-14-10-8-6-4-2/h20-22H,3-19H2,1-2H3,(H,23,24,25). The van der Waals surface area contributed by atoms with Gasteiger partial charge in [-0.3, -0.25) is 4.55 Å².